The summed E-state index contributed by atoms with van der Waals surface area (Å²) < 4.78 is 0. The third kappa shape index (κ3) is 12.7. The molecule has 2 rings (SSSR count). The maximum atomic E-state index is 13.6. The molecule has 0 spiro atoms. The summed E-state index contributed by atoms with van der Waals surface area (Å²) in [6, 6.07) is -0.263. The van der Waals surface area contributed by atoms with E-state index in [9.17, 15) is 49.8 Å². The quantitative estimate of drug-likeness (QED) is 0.0602. The molecule has 5 atom stereocenters. The van der Waals surface area contributed by atoms with Crippen LogP contribution < -0.4 is 31.9 Å². The summed E-state index contributed by atoms with van der Waals surface area (Å²) in [6.45, 7) is 0.0775. The number of rotatable bonds is 19. The van der Waals surface area contributed by atoms with Gasteiger partial charge in [0.2, 0.25) is 17.7 Å². The van der Waals surface area contributed by atoms with E-state index in [0.717, 1.165) is 0 Å². The molecule has 0 aliphatic carbocycles. The number of carboxylic acid groups (broad SMARTS) is 1. The smallest absolute Gasteiger partial charge is 0.325 e. The van der Waals surface area contributed by atoms with Gasteiger partial charge in [-0.2, -0.15) is 0 Å². The zero-order valence-electron chi connectivity index (χ0n) is 27.7. The monoisotopic (exact) mass is 691 g/mol. The Hall–Kier alpha value is -2.52. The number of aliphatic carboxylic acids is 1. The average Bonchev–Trinajstić information content (AvgIpc) is 3.08. The van der Waals surface area contributed by atoms with E-state index in [0.29, 0.717) is 39.0 Å². The van der Waals surface area contributed by atoms with Crippen molar-refractivity contribution in [2.75, 3.05) is 78.7 Å². The van der Waals surface area contributed by atoms with Crippen molar-refractivity contribution in [1.29, 1.82) is 0 Å². The number of nitrogens with one attached hydrogen (secondary N) is 6. The molecule has 18 nitrogen and oxygen atoms in total. The molecule has 2 heterocycles. The van der Waals surface area contributed by atoms with Crippen molar-refractivity contribution in [3.05, 3.63) is 0 Å². The van der Waals surface area contributed by atoms with Gasteiger partial charge in [0.25, 0.3) is 0 Å². The number of carbonyl (C=O) groups is 4. The molecule has 0 aromatic heterocycles. The number of piperidine rings is 1. The van der Waals surface area contributed by atoms with Gasteiger partial charge in [0.05, 0.1) is 43.7 Å². The summed E-state index contributed by atoms with van der Waals surface area (Å²) in [6.07, 6.45) is -2.83. The van der Waals surface area contributed by atoms with Crippen molar-refractivity contribution in [1.82, 2.24) is 36.8 Å². The summed E-state index contributed by atoms with van der Waals surface area (Å²) >= 11 is 0. The van der Waals surface area contributed by atoms with Gasteiger partial charge in [0, 0.05) is 84.2 Å². The van der Waals surface area contributed by atoms with Crippen LogP contribution in [0.25, 0.3) is 0 Å². The predicted molar refractivity (Wildman–Crippen MR) is 173 cm³/mol. The van der Waals surface area contributed by atoms with Crippen LogP contribution in [0.3, 0.4) is 0 Å². The standard InChI is InChI=1S/C30H57N7O11/c38-18-22(41)15-33-25(44)3-7-29(8-4-26(45)34-16-23(42)19-39)30(28(47)48)6-1-2-21(36-30)14-32-10-9-31-11-13-37(29)12-5-27(46)35-17-24(43)20-40/h21-24,31-32,36,38-43H,1-20H2,(H,33,44)(H,34,45)(H,35,46)(H,47,48). The number of hydrogen-bond acceptors (Lipinski definition) is 14. The van der Waals surface area contributed by atoms with Gasteiger partial charge in [0.15, 0.2) is 0 Å². The molecule has 48 heavy (non-hydrogen) atoms. The minimum absolute atomic E-state index is 0.0258. The molecule has 2 aliphatic heterocycles. The maximum absolute atomic E-state index is 13.6. The van der Waals surface area contributed by atoms with Crippen LogP contribution in [0.4, 0.5) is 0 Å². The van der Waals surface area contributed by atoms with Crippen molar-refractivity contribution in [2.24, 2.45) is 0 Å². The third-order valence-electron chi connectivity index (χ3n) is 9.12. The van der Waals surface area contributed by atoms with Crippen LogP contribution in [0.15, 0.2) is 0 Å². The lowest BCUT2D eigenvalue weighted by atomic mass is 9.64. The number of carbonyl (C=O) groups excluding carboxylic acids is 3. The molecule has 278 valence electrons. The third-order valence-corrected chi connectivity index (χ3v) is 9.12. The Morgan fingerprint density at radius 2 is 1.25 bits per heavy atom. The van der Waals surface area contributed by atoms with Crippen LogP contribution in [-0.2, 0) is 19.2 Å². The normalized spacial score (nSPS) is 25.8. The molecule has 5 unspecified atom stereocenters. The molecule has 3 amide bonds. The largest absolute Gasteiger partial charge is 0.480 e. The van der Waals surface area contributed by atoms with Crippen molar-refractivity contribution >= 4 is 23.7 Å². The average molecular weight is 692 g/mol. The van der Waals surface area contributed by atoms with E-state index in [-0.39, 0.29) is 77.3 Å². The van der Waals surface area contributed by atoms with Crippen molar-refractivity contribution in [3.63, 3.8) is 0 Å². The minimum atomic E-state index is -1.68. The number of carboxylic acids is 1. The van der Waals surface area contributed by atoms with Crippen LogP contribution in [0.5, 0.6) is 0 Å². The van der Waals surface area contributed by atoms with Gasteiger partial charge in [-0.25, -0.2) is 0 Å². The zero-order valence-corrected chi connectivity index (χ0v) is 27.7. The highest BCUT2D eigenvalue weighted by molar-refractivity contribution is 5.83. The molecule has 2 bridgehead atoms. The molecule has 0 radical (unpaired) electrons. The summed E-state index contributed by atoms with van der Waals surface area (Å²) in [7, 11) is 0. The van der Waals surface area contributed by atoms with Crippen LogP contribution >= 0.6 is 0 Å². The fourth-order valence-corrected chi connectivity index (χ4v) is 6.49. The first kappa shape index (κ1) is 41.7. The number of amides is 3. The van der Waals surface area contributed by atoms with E-state index >= 15 is 0 Å². The molecular weight excluding hydrogens is 634 g/mol. The van der Waals surface area contributed by atoms with E-state index in [4.69, 9.17) is 5.11 Å². The van der Waals surface area contributed by atoms with Crippen molar-refractivity contribution in [3.8, 4) is 0 Å². The minimum Gasteiger partial charge on any atom is -0.480 e. The van der Waals surface area contributed by atoms with E-state index in [2.05, 4.69) is 31.9 Å². The molecule has 2 fully saturated rings. The van der Waals surface area contributed by atoms with Gasteiger partial charge < -0.3 is 62.3 Å². The predicted octanol–water partition coefficient (Wildman–Crippen LogP) is -5.46. The Balaban J connectivity index is 2.61. The highest BCUT2D eigenvalue weighted by atomic mass is 16.4. The summed E-state index contributed by atoms with van der Waals surface area (Å²) in [4.78, 5) is 54.6. The second kappa shape index (κ2) is 21.5. The highest BCUT2D eigenvalue weighted by Gasteiger charge is 2.60. The Morgan fingerprint density at radius 3 is 1.75 bits per heavy atom. The second-order valence-electron chi connectivity index (χ2n) is 12.6. The lowest BCUT2D eigenvalue weighted by Crippen LogP contribution is -2.77. The van der Waals surface area contributed by atoms with Gasteiger partial charge in [-0.1, -0.05) is 0 Å². The van der Waals surface area contributed by atoms with Crippen molar-refractivity contribution in [2.45, 2.75) is 86.8 Å². The first-order chi connectivity index (χ1) is 22.9. The number of nitrogens with zero attached hydrogens (tertiary/aromatic N) is 1. The Labute approximate surface area is 281 Å². The summed E-state index contributed by atoms with van der Waals surface area (Å²) in [5.41, 5.74) is -3.13. The second-order valence-corrected chi connectivity index (χ2v) is 12.6. The molecule has 18 heteroatoms. The summed E-state index contributed by atoms with van der Waals surface area (Å²) in [5, 5.41) is 85.6. The highest BCUT2D eigenvalue weighted by Crippen LogP contribution is 2.44. The molecule has 2 saturated heterocycles. The van der Waals surface area contributed by atoms with Crippen LogP contribution in [0.2, 0.25) is 0 Å². The molecular formula is C30H57N7O11. The Kier molecular flexibility index (Phi) is 18.7. The molecule has 0 saturated carbocycles. The number of fused-ring (bicyclic) bond motifs is 2. The fraction of sp³-hybridized carbons (Fsp3) is 0.867. The topological polar surface area (TPSA) is 285 Å². The molecule has 0 aromatic rings. The fourth-order valence-electron chi connectivity index (χ4n) is 6.49. The zero-order chi connectivity index (χ0) is 35.6. The number of aliphatic hydroxyl groups excluding tert-OH is 6. The first-order valence-corrected chi connectivity index (χ1v) is 16.8. The van der Waals surface area contributed by atoms with Gasteiger partial charge >= 0.3 is 5.97 Å². The lowest BCUT2D eigenvalue weighted by Gasteiger charge is -2.57. The first-order valence-electron chi connectivity index (χ1n) is 16.8. The maximum Gasteiger partial charge on any atom is 0.325 e. The van der Waals surface area contributed by atoms with E-state index in [1.165, 1.54) is 0 Å². The van der Waals surface area contributed by atoms with Crippen molar-refractivity contribution < 1.29 is 54.9 Å². The Morgan fingerprint density at radius 1 is 0.750 bits per heavy atom. The lowest BCUT2D eigenvalue weighted by molar-refractivity contribution is -0.160. The molecule has 2 aliphatic rings. The van der Waals surface area contributed by atoms with E-state index in [1.807, 2.05) is 4.90 Å². The summed E-state index contributed by atoms with van der Waals surface area (Å²) in [5.74, 6) is -2.64. The van der Waals surface area contributed by atoms with Crippen LogP contribution in [-0.4, -0.2) is 178 Å². The van der Waals surface area contributed by atoms with Gasteiger partial charge in [-0.3, -0.25) is 29.4 Å². The Bertz CT molecular complexity index is 980. The molecule has 0 aromatic carbocycles. The number of aliphatic hydroxyl groups is 6. The van der Waals surface area contributed by atoms with Gasteiger partial charge in [-0.05, 0) is 32.1 Å². The van der Waals surface area contributed by atoms with Crippen LogP contribution in [0.1, 0.15) is 51.4 Å². The van der Waals surface area contributed by atoms with Gasteiger partial charge in [-0.15, -0.1) is 0 Å². The molecule has 13 N–H and O–H groups in total. The van der Waals surface area contributed by atoms with E-state index < -0.39 is 72.9 Å². The number of hydrogen-bond donors (Lipinski definition) is 13. The van der Waals surface area contributed by atoms with Gasteiger partial charge in [0.1, 0.15) is 5.54 Å². The van der Waals surface area contributed by atoms with Crippen LogP contribution in [0, 0.1) is 0 Å². The SMILES string of the molecule is O=C(CCN1CCNCCNCC2CCCC(C(=O)O)(N2)C1(CCC(=O)NCC(O)CO)CCC(=O)NCC(O)CO)NCC(O)CO. The van der Waals surface area contributed by atoms with E-state index in [1.54, 1.807) is 0 Å².